The highest BCUT2D eigenvalue weighted by atomic mass is 79.9. The Balaban J connectivity index is 1.67. The second-order valence-corrected chi connectivity index (χ2v) is 8.69. The van der Waals surface area contributed by atoms with Gasteiger partial charge >= 0.3 is 0 Å². The fraction of sp³-hybridized carbons (Fsp3) is 0.765. The van der Waals surface area contributed by atoms with E-state index >= 15 is 0 Å². The van der Waals surface area contributed by atoms with E-state index in [2.05, 4.69) is 51.6 Å². The zero-order chi connectivity index (χ0) is 14.8. The highest BCUT2D eigenvalue weighted by molar-refractivity contribution is 9.10. The number of piperidine rings is 1. The molecule has 1 aromatic heterocycles. The number of halogens is 1. The van der Waals surface area contributed by atoms with Gasteiger partial charge in [-0.2, -0.15) is 0 Å². The average Bonchev–Trinajstić information content (AvgIpc) is 2.94. The molecule has 2 fully saturated rings. The Kier molecular flexibility index (Phi) is 5.41. The van der Waals surface area contributed by atoms with Crippen LogP contribution in [0.2, 0.25) is 0 Å². The summed E-state index contributed by atoms with van der Waals surface area (Å²) >= 11 is 5.49. The molecule has 2 saturated heterocycles. The molecular formula is C17H27BrN2S. The molecule has 0 saturated carbocycles. The van der Waals surface area contributed by atoms with Gasteiger partial charge in [0.2, 0.25) is 0 Å². The highest BCUT2D eigenvalue weighted by Crippen LogP contribution is 2.39. The zero-order valence-electron chi connectivity index (χ0n) is 13.1. The van der Waals surface area contributed by atoms with Crippen LogP contribution in [0.3, 0.4) is 0 Å². The largest absolute Gasteiger partial charge is 0.313 e. The van der Waals surface area contributed by atoms with Gasteiger partial charge in [-0.15, -0.1) is 11.3 Å². The van der Waals surface area contributed by atoms with Gasteiger partial charge in [-0.05, 0) is 80.0 Å². The standard InChI is InChI=1S/C17H27BrN2S/c1-3-6-19-17(10-16-9-13(18)11-21-16)12-7-14-4-5-15(8-12)20(14)2/h9,11-12,14-15,17,19H,3-8,10H2,1-2H3. The number of hydrogen-bond acceptors (Lipinski definition) is 3. The van der Waals surface area contributed by atoms with Gasteiger partial charge < -0.3 is 10.2 Å². The maximum atomic E-state index is 3.85. The predicted octanol–water partition coefficient (Wildman–Crippen LogP) is 4.29. The highest BCUT2D eigenvalue weighted by Gasteiger charge is 2.40. The van der Waals surface area contributed by atoms with E-state index in [4.69, 9.17) is 0 Å². The minimum Gasteiger partial charge on any atom is -0.313 e. The Hall–Kier alpha value is 0.1000. The Bertz CT molecular complexity index is 447. The normalized spacial score (nSPS) is 30.7. The van der Waals surface area contributed by atoms with Crippen molar-refractivity contribution in [3.63, 3.8) is 0 Å². The van der Waals surface area contributed by atoms with Gasteiger partial charge in [-0.25, -0.2) is 0 Å². The van der Waals surface area contributed by atoms with Crippen LogP contribution in [-0.4, -0.2) is 36.6 Å². The van der Waals surface area contributed by atoms with Crippen LogP contribution in [0.15, 0.2) is 15.9 Å². The molecule has 2 aliphatic rings. The third-order valence-corrected chi connectivity index (χ3v) is 7.12. The predicted molar refractivity (Wildman–Crippen MR) is 95.1 cm³/mol. The van der Waals surface area contributed by atoms with E-state index in [0.29, 0.717) is 6.04 Å². The minimum atomic E-state index is 0.660. The molecule has 2 bridgehead atoms. The molecule has 0 aliphatic carbocycles. The van der Waals surface area contributed by atoms with Crippen molar-refractivity contribution in [1.29, 1.82) is 0 Å². The SMILES string of the molecule is CCCNC(Cc1cc(Br)cs1)C1CC2CCC(C1)N2C. The van der Waals surface area contributed by atoms with Gasteiger partial charge in [0.1, 0.15) is 0 Å². The van der Waals surface area contributed by atoms with E-state index < -0.39 is 0 Å². The van der Waals surface area contributed by atoms with Crippen LogP contribution in [0.25, 0.3) is 0 Å². The Morgan fingerprint density at radius 3 is 2.67 bits per heavy atom. The Labute approximate surface area is 141 Å². The summed E-state index contributed by atoms with van der Waals surface area (Å²) in [6, 6.07) is 4.64. The number of rotatable bonds is 6. The van der Waals surface area contributed by atoms with Crippen molar-refractivity contribution in [2.24, 2.45) is 5.92 Å². The van der Waals surface area contributed by atoms with Gasteiger partial charge in [0.15, 0.2) is 0 Å². The summed E-state index contributed by atoms with van der Waals surface area (Å²) in [6.07, 6.45) is 8.04. The number of thiophene rings is 1. The second kappa shape index (κ2) is 7.12. The van der Waals surface area contributed by atoms with Crippen molar-refractivity contribution in [3.05, 3.63) is 20.8 Å². The maximum Gasteiger partial charge on any atom is 0.0285 e. The molecular weight excluding hydrogens is 344 g/mol. The van der Waals surface area contributed by atoms with E-state index in [1.165, 1.54) is 47.9 Å². The zero-order valence-corrected chi connectivity index (χ0v) is 15.5. The summed E-state index contributed by atoms with van der Waals surface area (Å²) in [6.45, 7) is 3.42. The lowest BCUT2D eigenvalue weighted by atomic mass is 9.83. The van der Waals surface area contributed by atoms with Crippen LogP contribution in [0.5, 0.6) is 0 Å². The summed E-state index contributed by atoms with van der Waals surface area (Å²) in [4.78, 5) is 4.16. The fourth-order valence-electron chi connectivity index (χ4n) is 4.19. The number of nitrogens with zero attached hydrogens (tertiary/aromatic N) is 1. The van der Waals surface area contributed by atoms with Crippen molar-refractivity contribution in [2.75, 3.05) is 13.6 Å². The van der Waals surface area contributed by atoms with Crippen LogP contribution >= 0.6 is 27.3 Å². The van der Waals surface area contributed by atoms with Gasteiger partial charge in [-0.3, -0.25) is 0 Å². The van der Waals surface area contributed by atoms with Crippen LogP contribution in [0, 0.1) is 5.92 Å². The summed E-state index contributed by atoms with van der Waals surface area (Å²) in [7, 11) is 2.34. The van der Waals surface area contributed by atoms with Crippen molar-refractivity contribution >= 4 is 27.3 Å². The second-order valence-electron chi connectivity index (χ2n) is 6.78. The Morgan fingerprint density at radius 2 is 2.10 bits per heavy atom. The van der Waals surface area contributed by atoms with E-state index in [1.807, 2.05) is 11.3 Å². The molecule has 0 radical (unpaired) electrons. The van der Waals surface area contributed by atoms with Crippen LogP contribution < -0.4 is 5.32 Å². The van der Waals surface area contributed by atoms with Crippen molar-refractivity contribution < 1.29 is 0 Å². The van der Waals surface area contributed by atoms with Crippen molar-refractivity contribution in [3.8, 4) is 0 Å². The molecule has 1 N–H and O–H groups in total. The van der Waals surface area contributed by atoms with Crippen molar-refractivity contribution in [2.45, 2.75) is 63.6 Å². The first kappa shape index (κ1) is 16.0. The summed E-state index contributed by atoms with van der Waals surface area (Å²) in [5, 5.41) is 6.07. The summed E-state index contributed by atoms with van der Waals surface area (Å²) in [5.41, 5.74) is 0. The number of fused-ring (bicyclic) bond motifs is 2. The maximum absolute atomic E-state index is 3.85. The van der Waals surface area contributed by atoms with E-state index in [0.717, 1.165) is 24.5 Å². The Morgan fingerprint density at radius 1 is 1.38 bits per heavy atom. The summed E-state index contributed by atoms with van der Waals surface area (Å²) < 4.78 is 1.24. The molecule has 3 rings (SSSR count). The van der Waals surface area contributed by atoms with E-state index in [9.17, 15) is 0 Å². The lowest BCUT2D eigenvalue weighted by molar-refractivity contribution is 0.112. The van der Waals surface area contributed by atoms with Crippen LogP contribution in [0.4, 0.5) is 0 Å². The topological polar surface area (TPSA) is 15.3 Å². The smallest absolute Gasteiger partial charge is 0.0285 e. The molecule has 118 valence electrons. The van der Waals surface area contributed by atoms with Gasteiger partial charge in [0.25, 0.3) is 0 Å². The lowest BCUT2D eigenvalue weighted by Gasteiger charge is -2.40. The monoisotopic (exact) mass is 370 g/mol. The van der Waals surface area contributed by atoms with Crippen molar-refractivity contribution in [1.82, 2.24) is 10.2 Å². The molecule has 2 aliphatic heterocycles. The van der Waals surface area contributed by atoms with Gasteiger partial charge in [0.05, 0.1) is 0 Å². The van der Waals surface area contributed by atoms with Gasteiger partial charge in [-0.1, -0.05) is 6.92 Å². The molecule has 3 heterocycles. The van der Waals surface area contributed by atoms with E-state index in [-0.39, 0.29) is 0 Å². The van der Waals surface area contributed by atoms with Gasteiger partial charge in [0, 0.05) is 32.9 Å². The number of nitrogens with one attached hydrogen (secondary N) is 1. The average molecular weight is 371 g/mol. The molecule has 0 aromatic carbocycles. The lowest BCUT2D eigenvalue weighted by Crippen LogP contribution is -2.48. The third-order valence-electron chi connectivity index (χ3n) is 5.40. The molecule has 0 amide bonds. The first-order valence-corrected chi connectivity index (χ1v) is 10.0. The molecule has 1 aromatic rings. The molecule has 3 unspecified atom stereocenters. The quantitative estimate of drug-likeness (QED) is 0.802. The first-order valence-electron chi connectivity index (χ1n) is 8.35. The first-order chi connectivity index (χ1) is 10.2. The molecule has 21 heavy (non-hydrogen) atoms. The molecule has 3 atom stereocenters. The molecule has 2 nitrogen and oxygen atoms in total. The van der Waals surface area contributed by atoms with Crippen LogP contribution in [0.1, 0.15) is 43.9 Å². The fourth-order valence-corrected chi connectivity index (χ4v) is 5.71. The molecule has 0 spiro atoms. The third kappa shape index (κ3) is 3.72. The minimum absolute atomic E-state index is 0.660. The van der Waals surface area contributed by atoms with E-state index in [1.54, 1.807) is 0 Å². The number of hydrogen-bond donors (Lipinski definition) is 1. The summed E-state index contributed by atoms with van der Waals surface area (Å²) in [5.74, 6) is 0.853. The van der Waals surface area contributed by atoms with Crippen LogP contribution in [-0.2, 0) is 6.42 Å². The molecule has 4 heteroatoms.